The van der Waals surface area contributed by atoms with E-state index >= 15 is 0 Å². The van der Waals surface area contributed by atoms with Crippen LogP contribution in [0.15, 0.2) is 12.7 Å². The summed E-state index contributed by atoms with van der Waals surface area (Å²) in [7, 11) is 0. The smallest absolute Gasteiger partial charge is 0.154 e. The number of hydrogen-bond acceptors (Lipinski definition) is 2. The molecule has 0 bridgehead atoms. The first-order valence-electron chi connectivity index (χ1n) is 4.56. The topological polar surface area (TPSA) is 18.5 Å². The van der Waals surface area contributed by atoms with E-state index in [-0.39, 0.29) is 6.29 Å². The molecule has 0 aromatic rings. The summed E-state index contributed by atoms with van der Waals surface area (Å²) in [6.07, 6.45) is 2.92. The molecule has 0 heterocycles. The first-order valence-corrected chi connectivity index (χ1v) is 4.56. The van der Waals surface area contributed by atoms with Gasteiger partial charge in [0.25, 0.3) is 0 Å². The summed E-state index contributed by atoms with van der Waals surface area (Å²) in [4.78, 5) is 0. The molecule has 2 nitrogen and oxygen atoms in total. The summed E-state index contributed by atoms with van der Waals surface area (Å²) in [5, 5.41) is 0. The van der Waals surface area contributed by atoms with Crippen molar-refractivity contribution in [1.29, 1.82) is 0 Å². The van der Waals surface area contributed by atoms with Gasteiger partial charge in [-0.15, -0.1) is 6.58 Å². The summed E-state index contributed by atoms with van der Waals surface area (Å²) in [5.41, 5.74) is 0. The van der Waals surface area contributed by atoms with Crippen molar-refractivity contribution in [1.82, 2.24) is 0 Å². The second kappa shape index (κ2) is 13.3. The minimum Gasteiger partial charge on any atom is -0.353 e. The SMILES string of the molecule is C=CCC.CCOC(C)OCC. The molecule has 74 valence electrons. The zero-order chi connectivity index (χ0) is 9.82. The van der Waals surface area contributed by atoms with Crippen LogP contribution >= 0.6 is 0 Å². The molecule has 0 spiro atoms. The lowest BCUT2D eigenvalue weighted by Crippen LogP contribution is -2.11. The molecule has 0 aliphatic heterocycles. The number of rotatable bonds is 5. The second-order valence-electron chi connectivity index (χ2n) is 2.18. The van der Waals surface area contributed by atoms with Crippen LogP contribution in [0.25, 0.3) is 0 Å². The molecule has 0 fully saturated rings. The van der Waals surface area contributed by atoms with Crippen LogP contribution < -0.4 is 0 Å². The molecule has 0 aromatic carbocycles. The molecular weight excluding hydrogens is 152 g/mol. The predicted octanol–water partition coefficient (Wildman–Crippen LogP) is 2.99. The summed E-state index contributed by atoms with van der Waals surface area (Å²) in [6, 6.07) is 0. The van der Waals surface area contributed by atoms with Gasteiger partial charge in [-0.2, -0.15) is 0 Å². The van der Waals surface area contributed by atoms with Gasteiger partial charge in [0.05, 0.1) is 0 Å². The molecule has 0 amide bonds. The molecule has 0 saturated heterocycles. The molecule has 12 heavy (non-hydrogen) atoms. The van der Waals surface area contributed by atoms with Gasteiger partial charge in [0.2, 0.25) is 0 Å². The third-order valence-electron chi connectivity index (χ3n) is 1.09. The van der Waals surface area contributed by atoms with Crippen LogP contribution in [0.1, 0.15) is 34.1 Å². The molecule has 0 unspecified atom stereocenters. The molecule has 0 saturated carbocycles. The Kier molecular flexibility index (Phi) is 15.7. The van der Waals surface area contributed by atoms with Gasteiger partial charge in [-0.3, -0.25) is 0 Å². The van der Waals surface area contributed by atoms with Crippen molar-refractivity contribution >= 4 is 0 Å². The fourth-order valence-corrected chi connectivity index (χ4v) is 0.518. The zero-order valence-electron chi connectivity index (χ0n) is 8.80. The van der Waals surface area contributed by atoms with Crippen molar-refractivity contribution in [2.24, 2.45) is 0 Å². The molecule has 0 N–H and O–H groups in total. The van der Waals surface area contributed by atoms with E-state index in [1.165, 1.54) is 0 Å². The van der Waals surface area contributed by atoms with Gasteiger partial charge in [-0.25, -0.2) is 0 Å². The van der Waals surface area contributed by atoms with Crippen molar-refractivity contribution in [3.8, 4) is 0 Å². The van der Waals surface area contributed by atoms with E-state index in [4.69, 9.17) is 9.47 Å². The third-order valence-corrected chi connectivity index (χ3v) is 1.09. The van der Waals surface area contributed by atoms with Gasteiger partial charge < -0.3 is 9.47 Å². The van der Waals surface area contributed by atoms with E-state index in [0.29, 0.717) is 0 Å². The summed E-state index contributed by atoms with van der Waals surface area (Å²) >= 11 is 0. The predicted molar refractivity (Wildman–Crippen MR) is 53.2 cm³/mol. The molecule has 0 aliphatic rings. The van der Waals surface area contributed by atoms with Crippen LogP contribution in [0.5, 0.6) is 0 Å². The first kappa shape index (κ1) is 14.2. The van der Waals surface area contributed by atoms with Crippen molar-refractivity contribution in [2.75, 3.05) is 13.2 Å². The minimum absolute atomic E-state index is 0.0370. The van der Waals surface area contributed by atoms with Crippen LogP contribution in [-0.4, -0.2) is 19.5 Å². The lowest BCUT2D eigenvalue weighted by molar-refractivity contribution is -0.123. The summed E-state index contributed by atoms with van der Waals surface area (Å²) < 4.78 is 10.1. The Morgan fingerprint density at radius 2 is 1.50 bits per heavy atom. The van der Waals surface area contributed by atoms with Crippen LogP contribution in [0.4, 0.5) is 0 Å². The van der Waals surface area contributed by atoms with Crippen molar-refractivity contribution in [2.45, 2.75) is 40.4 Å². The van der Waals surface area contributed by atoms with Gasteiger partial charge in [0, 0.05) is 13.2 Å². The van der Waals surface area contributed by atoms with E-state index in [0.717, 1.165) is 19.6 Å². The van der Waals surface area contributed by atoms with E-state index in [9.17, 15) is 0 Å². The average molecular weight is 174 g/mol. The highest BCUT2D eigenvalue weighted by atomic mass is 16.7. The maximum Gasteiger partial charge on any atom is 0.154 e. The maximum atomic E-state index is 5.06. The Balaban J connectivity index is 0. The van der Waals surface area contributed by atoms with Gasteiger partial charge in [-0.05, 0) is 27.2 Å². The van der Waals surface area contributed by atoms with Crippen molar-refractivity contribution in [3.63, 3.8) is 0 Å². The van der Waals surface area contributed by atoms with Gasteiger partial charge >= 0.3 is 0 Å². The lowest BCUT2D eigenvalue weighted by Gasteiger charge is -2.09. The van der Waals surface area contributed by atoms with E-state index in [1.54, 1.807) is 0 Å². The highest BCUT2D eigenvalue weighted by Crippen LogP contribution is 1.90. The Morgan fingerprint density at radius 3 is 1.67 bits per heavy atom. The summed E-state index contributed by atoms with van der Waals surface area (Å²) in [6.45, 7) is 12.8. The van der Waals surface area contributed by atoms with Gasteiger partial charge in [0.1, 0.15) is 0 Å². The highest BCUT2D eigenvalue weighted by Gasteiger charge is 1.94. The number of allylic oxidation sites excluding steroid dienone is 1. The normalized spacial score (nSPS) is 9.08. The molecule has 0 aromatic heterocycles. The average Bonchev–Trinajstić information content (AvgIpc) is 2.06. The second-order valence-corrected chi connectivity index (χ2v) is 2.18. The largest absolute Gasteiger partial charge is 0.353 e. The molecule has 0 rings (SSSR count). The maximum absolute atomic E-state index is 5.06. The Hall–Kier alpha value is -0.340. The minimum atomic E-state index is -0.0370. The van der Waals surface area contributed by atoms with Gasteiger partial charge in [-0.1, -0.05) is 13.0 Å². The lowest BCUT2D eigenvalue weighted by atomic mass is 10.5. The Labute approximate surface area is 76.6 Å². The van der Waals surface area contributed by atoms with E-state index in [2.05, 4.69) is 13.5 Å². The number of ether oxygens (including phenoxy) is 2. The van der Waals surface area contributed by atoms with Crippen LogP contribution in [0.3, 0.4) is 0 Å². The highest BCUT2D eigenvalue weighted by molar-refractivity contribution is 4.60. The summed E-state index contributed by atoms with van der Waals surface area (Å²) in [5.74, 6) is 0. The molecule has 0 aliphatic carbocycles. The van der Waals surface area contributed by atoms with Crippen LogP contribution in [0.2, 0.25) is 0 Å². The van der Waals surface area contributed by atoms with E-state index < -0.39 is 0 Å². The fraction of sp³-hybridized carbons (Fsp3) is 0.800. The monoisotopic (exact) mass is 174 g/mol. The number of hydrogen-bond donors (Lipinski definition) is 0. The Morgan fingerprint density at radius 1 is 1.17 bits per heavy atom. The third kappa shape index (κ3) is 16.3. The molecule has 0 atom stereocenters. The van der Waals surface area contributed by atoms with Crippen molar-refractivity contribution in [3.05, 3.63) is 12.7 Å². The van der Waals surface area contributed by atoms with E-state index in [1.807, 2.05) is 26.8 Å². The Bertz CT molecular complexity index is 75.9. The molecular formula is C10H22O2. The molecule has 2 heteroatoms. The zero-order valence-corrected chi connectivity index (χ0v) is 8.80. The van der Waals surface area contributed by atoms with Gasteiger partial charge in [0.15, 0.2) is 6.29 Å². The van der Waals surface area contributed by atoms with Crippen LogP contribution in [0, 0.1) is 0 Å². The van der Waals surface area contributed by atoms with Crippen molar-refractivity contribution < 1.29 is 9.47 Å². The quantitative estimate of drug-likeness (QED) is 0.471. The first-order chi connectivity index (χ1) is 5.72. The molecule has 0 radical (unpaired) electrons. The van der Waals surface area contributed by atoms with Crippen LogP contribution in [-0.2, 0) is 9.47 Å². The fourth-order valence-electron chi connectivity index (χ4n) is 0.518. The standard InChI is InChI=1S/C6H14O2.C4H8/c1-4-7-6(3)8-5-2;1-3-4-2/h6H,4-5H2,1-3H3;3H,1,4H2,2H3.